The number of amides is 1. The van der Waals surface area contributed by atoms with E-state index >= 15 is 0 Å². The molecule has 0 spiro atoms. The van der Waals surface area contributed by atoms with Crippen molar-refractivity contribution in [2.45, 2.75) is 58.4 Å². The summed E-state index contributed by atoms with van der Waals surface area (Å²) in [4.78, 5) is 26.6. The first-order chi connectivity index (χ1) is 12.1. The molecule has 2 aromatic heterocycles. The number of hydrogen-bond acceptors (Lipinski definition) is 5. The minimum absolute atomic E-state index is 0.0515. The fraction of sp³-hybridized carbons (Fsp3) is 0.632. The zero-order valence-electron chi connectivity index (χ0n) is 15.0. The number of nitrogens with one attached hydrogen (secondary N) is 1. The molecular formula is C19H26N4OS. The van der Waals surface area contributed by atoms with Gasteiger partial charge in [-0.15, -0.1) is 11.3 Å². The van der Waals surface area contributed by atoms with Gasteiger partial charge in [0.05, 0.1) is 11.3 Å². The molecule has 1 atom stereocenters. The molecule has 1 N–H and O–H groups in total. The monoisotopic (exact) mass is 358 g/mol. The molecule has 1 aliphatic carbocycles. The summed E-state index contributed by atoms with van der Waals surface area (Å²) in [5, 5.41) is 4.33. The molecule has 25 heavy (non-hydrogen) atoms. The largest absolute Gasteiger partial charge is 0.355 e. The number of aromatic nitrogens is 2. The predicted octanol–water partition coefficient (Wildman–Crippen LogP) is 3.31. The highest BCUT2D eigenvalue weighted by Gasteiger charge is 2.29. The minimum Gasteiger partial charge on any atom is -0.355 e. The Morgan fingerprint density at radius 1 is 1.28 bits per heavy atom. The Labute approximate surface area is 152 Å². The third-order valence-electron chi connectivity index (χ3n) is 5.25. The van der Waals surface area contributed by atoms with Gasteiger partial charge in [0.15, 0.2) is 0 Å². The molecule has 3 heterocycles. The van der Waals surface area contributed by atoms with E-state index in [9.17, 15) is 4.79 Å². The molecule has 0 saturated carbocycles. The Hall–Kier alpha value is -1.69. The van der Waals surface area contributed by atoms with Gasteiger partial charge in [0.25, 0.3) is 0 Å². The van der Waals surface area contributed by atoms with Crippen LogP contribution in [0.5, 0.6) is 0 Å². The lowest BCUT2D eigenvalue weighted by Gasteiger charge is -2.33. The maximum absolute atomic E-state index is 12.5. The molecule has 134 valence electrons. The van der Waals surface area contributed by atoms with E-state index in [2.05, 4.69) is 20.2 Å². The molecule has 0 unspecified atom stereocenters. The van der Waals surface area contributed by atoms with Crippen LogP contribution in [-0.4, -0.2) is 35.0 Å². The van der Waals surface area contributed by atoms with Crippen LogP contribution < -0.4 is 10.2 Å². The molecule has 0 aromatic carbocycles. The summed E-state index contributed by atoms with van der Waals surface area (Å²) in [5.41, 5.74) is 1.47. The number of nitrogens with zero attached hydrogens (tertiary/aromatic N) is 3. The third-order valence-corrected chi connectivity index (χ3v) is 6.45. The minimum atomic E-state index is 0.0515. The summed E-state index contributed by atoms with van der Waals surface area (Å²) in [5.74, 6) is 1.28. The Morgan fingerprint density at radius 3 is 2.96 bits per heavy atom. The van der Waals surface area contributed by atoms with Crippen molar-refractivity contribution in [3.05, 3.63) is 16.8 Å². The normalized spacial score (nSPS) is 20.8. The first kappa shape index (κ1) is 16.8. The fourth-order valence-corrected chi connectivity index (χ4v) is 5.32. The van der Waals surface area contributed by atoms with Gasteiger partial charge < -0.3 is 10.2 Å². The van der Waals surface area contributed by atoms with Crippen LogP contribution in [0.2, 0.25) is 0 Å². The summed E-state index contributed by atoms with van der Waals surface area (Å²) in [7, 11) is 0. The van der Waals surface area contributed by atoms with Gasteiger partial charge in [0.1, 0.15) is 17.0 Å². The Bertz CT molecular complexity index is 785. The molecule has 6 heteroatoms. The molecule has 0 bridgehead atoms. The SMILES string of the molecule is CC(C)NC(=O)[C@H]1CCCN(c2ncnc3sc4c(c23)CCCC4)C1. The highest BCUT2D eigenvalue weighted by atomic mass is 32.1. The highest BCUT2D eigenvalue weighted by molar-refractivity contribution is 7.19. The first-order valence-corrected chi connectivity index (χ1v) is 10.3. The maximum atomic E-state index is 12.5. The summed E-state index contributed by atoms with van der Waals surface area (Å²) >= 11 is 1.84. The molecule has 1 fully saturated rings. The van der Waals surface area contributed by atoms with Crippen LogP contribution >= 0.6 is 11.3 Å². The predicted molar refractivity (Wildman–Crippen MR) is 102 cm³/mol. The number of thiophene rings is 1. The van der Waals surface area contributed by atoms with E-state index in [0.717, 1.165) is 43.0 Å². The number of aryl methyl sites for hydroxylation is 2. The van der Waals surface area contributed by atoms with Crippen molar-refractivity contribution in [1.82, 2.24) is 15.3 Å². The summed E-state index contributed by atoms with van der Waals surface area (Å²) in [6, 6.07) is 0.192. The van der Waals surface area contributed by atoms with Gasteiger partial charge in [0.2, 0.25) is 5.91 Å². The second kappa shape index (κ2) is 6.90. The van der Waals surface area contributed by atoms with Gasteiger partial charge in [-0.3, -0.25) is 4.79 Å². The number of carbonyl (C=O) groups is 1. The molecule has 5 nitrogen and oxygen atoms in total. The van der Waals surface area contributed by atoms with E-state index in [0.29, 0.717) is 0 Å². The molecular weight excluding hydrogens is 332 g/mol. The van der Waals surface area contributed by atoms with Gasteiger partial charge >= 0.3 is 0 Å². The van der Waals surface area contributed by atoms with Crippen LogP contribution in [0.25, 0.3) is 10.2 Å². The summed E-state index contributed by atoms with van der Waals surface area (Å²) in [6.45, 7) is 5.77. The number of rotatable bonds is 3. The summed E-state index contributed by atoms with van der Waals surface area (Å²) < 4.78 is 0. The van der Waals surface area contributed by atoms with Crippen LogP contribution in [0.3, 0.4) is 0 Å². The third kappa shape index (κ3) is 3.24. The second-order valence-corrected chi connectivity index (χ2v) is 8.62. The lowest BCUT2D eigenvalue weighted by Crippen LogP contribution is -2.45. The molecule has 0 radical (unpaired) electrons. The van der Waals surface area contributed by atoms with Crippen molar-refractivity contribution < 1.29 is 4.79 Å². The van der Waals surface area contributed by atoms with Crippen LogP contribution in [0, 0.1) is 5.92 Å². The standard InChI is InChI=1S/C19H26N4OS/c1-12(2)22-18(24)13-6-5-9-23(10-13)17-16-14-7-3-4-8-15(14)25-19(16)21-11-20-17/h11-13H,3-10H2,1-2H3,(H,22,24)/t13-/m0/s1. The second-order valence-electron chi connectivity index (χ2n) is 7.54. The molecule has 1 saturated heterocycles. The summed E-state index contributed by atoms with van der Waals surface area (Å²) in [6.07, 6.45) is 8.54. The van der Waals surface area contributed by atoms with Crippen molar-refractivity contribution in [2.24, 2.45) is 5.92 Å². The number of piperidine rings is 1. The zero-order valence-corrected chi connectivity index (χ0v) is 15.9. The molecule has 4 rings (SSSR count). The van der Waals surface area contributed by atoms with Crippen LogP contribution in [0.1, 0.15) is 50.0 Å². The van der Waals surface area contributed by atoms with Gasteiger partial charge in [-0.1, -0.05) is 0 Å². The van der Waals surface area contributed by atoms with Gasteiger partial charge in [-0.2, -0.15) is 0 Å². The maximum Gasteiger partial charge on any atom is 0.225 e. The van der Waals surface area contributed by atoms with E-state index in [4.69, 9.17) is 0 Å². The number of anilines is 1. The smallest absolute Gasteiger partial charge is 0.225 e. The Balaban J connectivity index is 1.65. The Morgan fingerprint density at radius 2 is 2.12 bits per heavy atom. The van der Waals surface area contributed by atoms with E-state index in [1.165, 1.54) is 35.1 Å². The molecule has 1 aliphatic heterocycles. The molecule has 2 aromatic rings. The van der Waals surface area contributed by atoms with Crippen molar-refractivity contribution in [3.63, 3.8) is 0 Å². The lowest BCUT2D eigenvalue weighted by molar-refractivity contribution is -0.125. The number of fused-ring (bicyclic) bond motifs is 3. The van der Waals surface area contributed by atoms with Crippen LogP contribution in [-0.2, 0) is 17.6 Å². The van der Waals surface area contributed by atoms with Gasteiger partial charge in [-0.25, -0.2) is 9.97 Å². The molecule has 1 amide bonds. The van der Waals surface area contributed by atoms with Gasteiger partial charge in [-0.05, 0) is 57.9 Å². The van der Waals surface area contributed by atoms with E-state index < -0.39 is 0 Å². The van der Waals surface area contributed by atoms with Crippen molar-refractivity contribution >= 4 is 33.3 Å². The highest BCUT2D eigenvalue weighted by Crippen LogP contribution is 2.40. The quantitative estimate of drug-likeness (QED) is 0.914. The lowest BCUT2D eigenvalue weighted by atomic mass is 9.95. The van der Waals surface area contributed by atoms with Crippen molar-refractivity contribution in [1.29, 1.82) is 0 Å². The van der Waals surface area contributed by atoms with Crippen molar-refractivity contribution in [2.75, 3.05) is 18.0 Å². The van der Waals surface area contributed by atoms with Crippen LogP contribution in [0.4, 0.5) is 5.82 Å². The topological polar surface area (TPSA) is 58.1 Å². The fourth-order valence-electron chi connectivity index (χ4n) is 4.10. The number of hydrogen-bond donors (Lipinski definition) is 1. The molecule has 2 aliphatic rings. The first-order valence-electron chi connectivity index (χ1n) is 9.44. The number of carbonyl (C=O) groups excluding carboxylic acids is 1. The average molecular weight is 359 g/mol. The van der Waals surface area contributed by atoms with Gasteiger partial charge in [0, 0.05) is 24.0 Å². The van der Waals surface area contributed by atoms with E-state index in [-0.39, 0.29) is 17.9 Å². The average Bonchev–Trinajstić information content (AvgIpc) is 3.00. The van der Waals surface area contributed by atoms with E-state index in [1.54, 1.807) is 6.33 Å². The van der Waals surface area contributed by atoms with Crippen molar-refractivity contribution in [3.8, 4) is 0 Å². The van der Waals surface area contributed by atoms with Crippen LogP contribution in [0.15, 0.2) is 6.33 Å². The zero-order chi connectivity index (χ0) is 17.4. The Kier molecular flexibility index (Phi) is 4.63. The van der Waals surface area contributed by atoms with E-state index in [1.807, 2.05) is 25.2 Å².